The Labute approximate surface area is 112 Å². The van der Waals surface area contributed by atoms with Crippen LogP contribution in [0.3, 0.4) is 0 Å². The van der Waals surface area contributed by atoms with Gasteiger partial charge in [0.05, 0.1) is 0 Å². The van der Waals surface area contributed by atoms with Crippen molar-refractivity contribution in [3.05, 3.63) is 0 Å². The minimum absolute atomic E-state index is 0.167. The topological polar surface area (TPSA) is 58.2 Å². The van der Waals surface area contributed by atoms with Crippen LogP contribution >= 0.6 is 0 Å². The van der Waals surface area contributed by atoms with Gasteiger partial charge < -0.3 is 10.6 Å². The second kappa shape index (κ2) is 7.24. The fourth-order valence-corrected chi connectivity index (χ4v) is 4.01. The molecule has 2 saturated heterocycles. The van der Waals surface area contributed by atoms with Crippen LogP contribution in [0.2, 0.25) is 0 Å². The minimum Gasteiger partial charge on any atom is -0.353 e. The molecule has 18 heavy (non-hydrogen) atoms. The Kier molecular flexibility index (Phi) is 5.63. The molecule has 104 valence electrons. The van der Waals surface area contributed by atoms with E-state index in [4.69, 9.17) is 0 Å². The molecule has 2 N–H and O–H groups in total. The summed E-state index contributed by atoms with van der Waals surface area (Å²) in [7, 11) is -0.645. The van der Waals surface area contributed by atoms with Gasteiger partial charge >= 0.3 is 0 Å². The lowest BCUT2D eigenvalue weighted by Crippen LogP contribution is -2.40. The normalized spacial score (nSPS) is 33.0. The second-order valence-electron chi connectivity index (χ2n) is 5.38. The summed E-state index contributed by atoms with van der Waals surface area (Å²) >= 11 is 0. The summed E-state index contributed by atoms with van der Waals surface area (Å²) < 4.78 is 11.2. The number of amides is 1. The third-order valence-electron chi connectivity index (χ3n) is 3.89. The zero-order chi connectivity index (χ0) is 12.8. The van der Waals surface area contributed by atoms with E-state index in [0.717, 1.165) is 37.3 Å². The van der Waals surface area contributed by atoms with Crippen LogP contribution in [0.25, 0.3) is 0 Å². The fraction of sp³-hybridized carbons (Fsp3) is 0.923. The molecule has 2 heterocycles. The first kappa shape index (κ1) is 14.0. The maximum Gasteiger partial charge on any atom is 0.220 e. The van der Waals surface area contributed by atoms with E-state index >= 15 is 0 Å². The van der Waals surface area contributed by atoms with Crippen molar-refractivity contribution in [2.45, 2.75) is 57.0 Å². The van der Waals surface area contributed by atoms with Crippen LogP contribution in [0.15, 0.2) is 0 Å². The lowest BCUT2D eigenvalue weighted by molar-refractivity contribution is -0.122. The van der Waals surface area contributed by atoms with Gasteiger partial charge in [0.1, 0.15) is 0 Å². The van der Waals surface area contributed by atoms with Crippen molar-refractivity contribution in [1.82, 2.24) is 10.6 Å². The molecule has 0 saturated carbocycles. The number of nitrogens with one attached hydrogen (secondary N) is 2. The summed E-state index contributed by atoms with van der Waals surface area (Å²) in [5.41, 5.74) is 0. The first-order valence-corrected chi connectivity index (χ1v) is 8.60. The van der Waals surface area contributed by atoms with E-state index in [1.165, 1.54) is 19.3 Å². The van der Waals surface area contributed by atoms with E-state index < -0.39 is 10.8 Å². The number of hydrogen-bond acceptors (Lipinski definition) is 3. The van der Waals surface area contributed by atoms with Gasteiger partial charge in [-0.3, -0.25) is 9.00 Å². The van der Waals surface area contributed by atoms with Gasteiger partial charge in [0, 0.05) is 40.8 Å². The molecule has 1 atom stereocenters. The van der Waals surface area contributed by atoms with Crippen molar-refractivity contribution in [3.63, 3.8) is 0 Å². The van der Waals surface area contributed by atoms with E-state index in [0.29, 0.717) is 12.5 Å². The van der Waals surface area contributed by atoms with Gasteiger partial charge in [-0.25, -0.2) is 0 Å². The Balaban J connectivity index is 1.61. The zero-order valence-electron chi connectivity index (χ0n) is 11.0. The molecule has 2 fully saturated rings. The number of carbonyl (C=O) groups excluding carboxylic acids is 1. The zero-order valence-corrected chi connectivity index (χ0v) is 11.8. The molecule has 1 unspecified atom stereocenters. The third-order valence-corrected chi connectivity index (χ3v) is 5.27. The van der Waals surface area contributed by atoms with Gasteiger partial charge in [-0.2, -0.15) is 0 Å². The summed E-state index contributed by atoms with van der Waals surface area (Å²) in [5.74, 6) is 1.66. The molecule has 0 bridgehead atoms. The van der Waals surface area contributed by atoms with E-state index in [9.17, 15) is 9.00 Å². The highest BCUT2D eigenvalue weighted by molar-refractivity contribution is 7.85. The molecule has 5 heteroatoms. The Morgan fingerprint density at radius 1 is 1.22 bits per heavy atom. The standard InChI is InChI=1S/C13H24N2O2S/c16-13(5-4-11-3-1-2-8-14-11)15-12-6-9-18(17)10-7-12/h11-12,14H,1-10H2,(H,15,16). The number of piperidine rings is 1. The first-order chi connectivity index (χ1) is 8.74. The van der Waals surface area contributed by atoms with Gasteiger partial charge in [0.15, 0.2) is 0 Å². The third kappa shape index (κ3) is 4.69. The predicted molar refractivity (Wildman–Crippen MR) is 73.9 cm³/mol. The van der Waals surface area contributed by atoms with E-state index in [1.807, 2.05) is 0 Å². The van der Waals surface area contributed by atoms with Gasteiger partial charge in [0.25, 0.3) is 0 Å². The molecule has 0 aromatic rings. The molecular formula is C13H24N2O2S. The maximum absolute atomic E-state index is 11.8. The molecule has 0 spiro atoms. The number of hydrogen-bond donors (Lipinski definition) is 2. The lowest BCUT2D eigenvalue weighted by Gasteiger charge is -2.25. The second-order valence-corrected chi connectivity index (χ2v) is 7.07. The molecule has 0 aliphatic carbocycles. The van der Waals surface area contributed by atoms with Crippen LogP contribution in [0, 0.1) is 0 Å². The molecule has 2 rings (SSSR count). The SMILES string of the molecule is O=C(CCC1CCCCN1)NC1CCS(=O)CC1. The van der Waals surface area contributed by atoms with Crippen LogP contribution < -0.4 is 10.6 Å². The summed E-state index contributed by atoms with van der Waals surface area (Å²) in [6.45, 7) is 1.10. The quantitative estimate of drug-likeness (QED) is 0.800. The van der Waals surface area contributed by atoms with Gasteiger partial charge in [-0.05, 0) is 38.6 Å². The summed E-state index contributed by atoms with van der Waals surface area (Å²) in [6.07, 6.45) is 7.08. The Hall–Kier alpha value is -0.420. The number of rotatable bonds is 4. The smallest absolute Gasteiger partial charge is 0.220 e. The molecule has 0 aromatic carbocycles. The Morgan fingerprint density at radius 3 is 2.67 bits per heavy atom. The molecule has 2 aliphatic rings. The van der Waals surface area contributed by atoms with Crippen molar-refractivity contribution in [1.29, 1.82) is 0 Å². The highest BCUT2D eigenvalue weighted by Gasteiger charge is 2.20. The summed E-state index contributed by atoms with van der Waals surface area (Å²) in [6, 6.07) is 0.790. The number of carbonyl (C=O) groups is 1. The van der Waals surface area contributed by atoms with Crippen LogP contribution in [0.5, 0.6) is 0 Å². The van der Waals surface area contributed by atoms with E-state index in [1.54, 1.807) is 0 Å². The average Bonchev–Trinajstić information content (AvgIpc) is 2.40. The summed E-state index contributed by atoms with van der Waals surface area (Å²) in [5, 5.41) is 6.54. The highest BCUT2D eigenvalue weighted by Crippen LogP contribution is 2.13. The average molecular weight is 272 g/mol. The molecule has 1 amide bonds. The Morgan fingerprint density at radius 2 is 2.00 bits per heavy atom. The van der Waals surface area contributed by atoms with Crippen LogP contribution in [-0.4, -0.2) is 40.3 Å². The molecule has 4 nitrogen and oxygen atoms in total. The van der Waals surface area contributed by atoms with E-state index in [2.05, 4.69) is 10.6 Å². The first-order valence-electron chi connectivity index (χ1n) is 7.12. The summed E-state index contributed by atoms with van der Waals surface area (Å²) in [4.78, 5) is 11.8. The largest absolute Gasteiger partial charge is 0.353 e. The highest BCUT2D eigenvalue weighted by atomic mass is 32.2. The van der Waals surface area contributed by atoms with Gasteiger partial charge in [-0.1, -0.05) is 6.42 Å². The van der Waals surface area contributed by atoms with Crippen molar-refractivity contribution in [3.8, 4) is 0 Å². The van der Waals surface area contributed by atoms with Crippen LogP contribution in [0.4, 0.5) is 0 Å². The lowest BCUT2D eigenvalue weighted by atomic mass is 10.0. The molecule has 0 aromatic heterocycles. The van der Waals surface area contributed by atoms with Crippen molar-refractivity contribution >= 4 is 16.7 Å². The van der Waals surface area contributed by atoms with Crippen molar-refractivity contribution < 1.29 is 9.00 Å². The molecule has 2 aliphatic heterocycles. The minimum atomic E-state index is -0.645. The van der Waals surface area contributed by atoms with Crippen molar-refractivity contribution in [2.24, 2.45) is 0 Å². The van der Waals surface area contributed by atoms with Gasteiger partial charge in [-0.15, -0.1) is 0 Å². The van der Waals surface area contributed by atoms with Gasteiger partial charge in [0.2, 0.25) is 5.91 Å². The fourth-order valence-electron chi connectivity index (χ4n) is 2.71. The predicted octanol–water partition coefficient (Wildman–Crippen LogP) is 0.936. The van der Waals surface area contributed by atoms with Crippen LogP contribution in [-0.2, 0) is 15.6 Å². The van der Waals surface area contributed by atoms with Crippen LogP contribution in [0.1, 0.15) is 44.9 Å². The monoisotopic (exact) mass is 272 g/mol. The van der Waals surface area contributed by atoms with Crippen molar-refractivity contribution in [2.75, 3.05) is 18.1 Å². The molecule has 0 radical (unpaired) electrons. The maximum atomic E-state index is 11.8. The Bertz CT molecular complexity index is 293. The van der Waals surface area contributed by atoms with E-state index in [-0.39, 0.29) is 11.9 Å². The molecular weight excluding hydrogens is 248 g/mol.